The molecule has 8 heteroatoms. The number of hydrogen-bond acceptors (Lipinski definition) is 4. The topological polar surface area (TPSA) is 88.5 Å². The number of carbonyl (C=O) groups is 1. The molecule has 0 spiro atoms. The number of aromatic nitrogens is 5. The Morgan fingerprint density at radius 3 is 2.87 bits per heavy atom. The standard InChI is InChI=1S/C22H17ClN6O/c23-16-5-8-19-18(12-16)15(13-26-19)9-11-25-22(30)14-3-6-17(7-4-14)29-21-20(27-28-29)2-1-10-24-21/h1-8,10,12-13,26H,9,11H2,(H,25,30). The number of pyridine rings is 1. The maximum absolute atomic E-state index is 12.5. The molecule has 0 aliphatic rings. The molecule has 3 aromatic heterocycles. The van der Waals surface area contributed by atoms with Crippen LogP contribution in [-0.4, -0.2) is 37.4 Å². The van der Waals surface area contributed by atoms with Crippen molar-refractivity contribution in [3.63, 3.8) is 0 Å². The van der Waals surface area contributed by atoms with Gasteiger partial charge in [-0.1, -0.05) is 16.8 Å². The van der Waals surface area contributed by atoms with Gasteiger partial charge in [-0.05, 0) is 66.6 Å². The molecule has 0 unspecified atom stereocenters. The van der Waals surface area contributed by atoms with Crippen molar-refractivity contribution in [2.75, 3.05) is 6.54 Å². The minimum Gasteiger partial charge on any atom is -0.361 e. The van der Waals surface area contributed by atoms with Crippen LogP contribution in [0, 0.1) is 0 Å². The van der Waals surface area contributed by atoms with Gasteiger partial charge in [0.1, 0.15) is 5.52 Å². The van der Waals surface area contributed by atoms with E-state index in [0.717, 1.165) is 27.7 Å². The highest BCUT2D eigenvalue weighted by atomic mass is 35.5. The number of aromatic amines is 1. The fourth-order valence-electron chi connectivity index (χ4n) is 3.46. The van der Waals surface area contributed by atoms with E-state index in [0.29, 0.717) is 29.2 Å². The molecule has 148 valence electrons. The summed E-state index contributed by atoms with van der Waals surface area (Å²) in [5.74, 6) is -0.124. The normalized spacial score (nSPS) is 11.2. The first-order valence-electron chi connectivity index (χ1n) is 9.49. The average molecular weight is 417 g/mol. The van der Waals surface area contributed by atoms with Gasteiger partial charge in [0.25, 0.3) is 5.91 Å². The number of fused-ring (bicyclic) bond motifs is 2. The Labute approximate surface area is 176 Å². The first kappa shape index (κ1) is 18.3. The summed E-state index contributed by atoms with van der Waals surface area (Å²) in [5, 5.41) is 13.0. The van der Waals surface area contributed by atoms with Gasteiger partial charge in [-0.3, -0.25) is 4.79 Å². The number of H-pyrrole nitrogens is 1. The lowest BCUT2D eigenvalue weighted by atomic mass is 10.1. The number of nitrogens with zero attached hydrogens (tertiary/aromatic N) is 4. The lowest BCUT2D eigenvalue weighted by Crippen LogP contribution is -2.25. The summed E-state index contributed by atoms with van der Waals surface area (Å²) in [6, 6.07) is 16.6. The molecule has 2 N–H and O–H groups in total. The summed E-state index contributed by atoms with van der Waals surface area (Å²) < 4.78 is 1.65. The smallest absolute Gasteiger partial charge is 0.251 e. The molecule has 0 saturated heterocycles. The molecule has 0 bridgehead atoms. The Kier molecular flexibility index (Phi) is 4.65. The zero-order valence-corrected chi connectivity index (χ0v) is 16.6. The predicted molar refractivity (Wildman–Crippen MR) is 116 cm³/mol. The van der Waals surface area contributed by atoms with Crippen molar-refractivity contribution < 1.29 is 4.79 Å². The average Bonchev–Trinajstić information content (AvgIpc) is 3.38. The lowest BCUT2D eigenvalue weighted by Gasteiger charge is -2.06. The van der Waals surface area contributed by atoms with Crippen LogP contribution >= 0.6 is 11.6 Å². The Bertz CT molecular complexity index is 1360. The van der Waals surface area contributed by atoms with Gasteiger partial charge in [0.15, 0.2) is 5.65 Å². The SMILES string of the molecule is O=C(NCCc1c[nH]c2ccc(Cl)cc12)c1ccc(-n2nnc3cccnc32)cc1. The maximum atomic E-state index is 12.5. The van der Waals surface area contributed by atoms with Crippen LogP contribution in [0.4, 0.5) is 0 Å². The predicted octanol–water partition coefficient (Wildman–Crippen LogP) is 3.92. The summed E-state index contributed by atoms with van der Waals surface area (Å²) in [5.41, 5.74) is 4.92. The molecule has 0 radical (unpaired) electrons. The van der Waals surface area contributed by atoms with Gasteiger partial charge in [-0.15, -0.1) is 5.10 Å². The van der Waals surface area contributed by atoms with Gasteiger partial charge in [-0.25, -0.2) is 4.98 Å². The molecular weight excluding hydrogens is 400 g/mol. The van der Waals surface area contributed by atoms with Crippen molar-refractivity contribution in [3.05, 3.63) is 83.1 Å². The molecule has 0 fully saturated rings. The number of carbonyl (C=O) groups excluding carboxylic acids is 1. The fraction of sp³-hybridized carbons (Fsp3) is 0.0909. The third kappa shape index (κ3) is 3.40. The van der Waals surface area contributed by atoms with Crippen LogP contribution in [0.25, 0.3) is 27.8 Å². The number of amides is 1. The molecule has 0 atom stereocenters. The zero-order valence-electron chi connectivity index (χ0n) is 15.8. The number of hydrogen-bond donors (Lipinski definition) is 2. The first-order valence-corrected chi connectivity index (χ1v) is 9.87. The summed E-state index contributed by atoms with van der Waals surface area (Å²) in [7, 11) is 0. The molecule has 0 aliphatic heterocycles. The van der Waals surface area contributed by atoms with Crippen LogP contribution < -0.4 is 5.32 Å². The van der Waals surface area contributed by atoms with E-state index < -0.39 is 0 Å². The summed E-state index contributed by atoms with van der Waals surface area (Å²) in [4.78, 5) is 20.1. The van der Waals surface area contributed by atoms with Gasteiger partial charge >= 0.3 is 0 Å². The molecule has 1 amide bonds. The van der Waals surface area contributed by atoms with Crippen molar-refractivity contribution in [1.29, 1.82) is 0 Å². The molecule has 7 nitrogen and oxygen atoms in total. The number of nitrogens with one attached hydrogen (secondary N) is 2. The van der Waals surface area contributed by atoms with Crippen LogP contribution in [0.2, 0.25) is 5.02 Å². The fourth-order valence-corrected chi connectivity index (χ4v) is 3.64. The third-order valence-corrected chi connectivity index (χ3v) is 5.23. The molecule has 0 aliphatic carbocycles. The van der Waals surface area contributed by atoms with Crippen molar-refractivity contribution in [1.82, 2.24) is 30.3 Å². The highest BCUT2D eigenvalue weighted by Crippen LogP contribution is 2.22. The summed E-state index contributed by atoms with van der Waals surface area (Å²) in [6.07, 6.45) is 4.37. The van der Waals surface area contributed by atoms with E-state index in [-0.39, 0.29) is 5.91 Å². The number of halogens is 1. The molecule has 0 saturated carbocycles. The number of benzene rings is 2. The van der Waals surface area contributed by atoms with Crippen LogP contribution in [-0.2, 0) is 6.42 Å². The van der Waals surface area contributed by atoms with E-state index in [9.17, 15) is 4.79 Å². The molecule has 2 aromatic carbocycles. The Hall–Kier alpha value is -3.71. The molecule has 5 rings (SSSR count). The molecule has 3 heterocycles. The van der Waals surface area contributed by atoms with Gasteiger partial charge < -0.3 is 10.3 Å². The van der Waals surface area contributed by atoms with Gasteiger partial charge in [0.2, 0.25) is 0 Å². The second-order valence-corrected chi connectivity index (χ2v) is 7.34. The minimum absolute atomic E-state index is 0.124. The van der Waals surface area contributed by atoms with Gasteiger partial charge in [0, 0.05) is 40.4 Å². The van der Waals surface area contributed by atoms with Crippen LogP contribution in [0.3, 0.4) is 0 Å². The highest BCUT2D eigenvalue weighted by Gasteiger charge is 2.10. The third-order valence-electron chi connectivity index (χ3n) is 4.99. The van der Waals surface area contributed by atoms with E-state index in [1.807, 2.05) is 48.7 Å². The summed E-state index contributed by atoms with van der Waals surface area (Å²) in [6.45, 7) is 0.525. The molecular formula is C22H17ClN6O. The summed E-state index contributed by atoms with van der Waals surface area (Å²) >= 11 is 6.10. The van der Waals surface area contributed by atoms with Crippen molar-refractivity contribution >= 4 is 39.6 Å². The van der Waals surface area contributed by atoms with E-state index >= 15 is 0 Å². The Morgan fingerprint density at radius 1 is 1.13 bits per heavy atom. The van der Waals surface area contributed by atoms with Crippen molar-refractivity contribution in [2.24, 2.45) is 0 Å². The molecule has 5 aromatic rings. The monoisotopic (exact) mass is 416 g/mol. The lowest BCUT2D eigenvalue weighted by molar-refractivity contribution is 0.0954. The molecule has 30 heavy (non-hydrogen) atoms. The van der Waals surface area contributed by atoms with Gasteiger partial charge in [-0.2, -0.15) is 4.68 Å². The van der Waals surface area contributed by atoms with E-state index in [4.69, 9.17) is 11.6 Å². The quantitative estimate of drug-likeness (QED) is 0.454. The van der Waals surface area contributed by atoms with E-state index in [1.165, 1.54) is 0 Å². The van der Waals surface area contributed by atoms with Crippen LogP contribution in [0.15, 0.2) is 67.0 Å². The van der Waals surface area contributed by atoms with Gasteiger partial charge in [0.05, 0.1) is 5.69 Å². The highest BCUT2D eigenvalue weighted by molar-refractivity contribution is 6.31. The second kappa shape index (κ2) is 7.61. The second-order valence-electron chi connectivity index (χ2n) is 6.90. The van der Waals surface area contributed by atoms with Crippen molar-refractivity contribution in [3.8, 4) is 5.69 Å². The van der Waals surface area contributed by atoms with Crippen LogP contribution in [0.1, 0.15) is 15.9 Å². The van der Waals surface area contributed by atoms with Crippen molar-refractivity contribution in [2.45, 2.75) is 6.42 Å². The first-order chi connectivity index (χ1) is 14.7. The zero-order chi connectivity index (χ0) is 20.5. The Morgan fingerprint density at radius 2 is 2.00 bits per heavy atom. The largest absolute Gasteiger partial charge is 0.361 e. The van der Waals surface area contributed by atoms with E-state index in [2.05, 4.69) is 25.6 Å². The minimum atomic E-state index is -0.124. The maximum Gasteiger partial charge on any atom is 0.251 e. The van der Waals surface area contributed by atoms with Crippen LogP contribution in [0.5, 0.6) is 0 Å². The number of rotatable bonds is 5. The Balaban J connectivity index is 1.26. The van der Waals surface area contributed by atoms with E-state index in [1.54, 1.807) is 23.0 Å².